The van der Waals surface area contributed by atoms with Gasteiger partial charge in [-0.25, -0.2) is 4.57 Å². The molecule has 0 bridgehead atoms. The third kappa shape index (κ3) is 34.3. The first-order chi connectivity index (χ1) is 25.1. The third-order valence-electron chi connectivity index (χ3n) is 7.74. The Bertz CT molecular complexity index is 1120. The number of unbranched alkanes of at least 4 members (excludes halogenated alkanes) is 11. The number of hydrogen-bond donors (Lipinski definition) is 3. The van der Waals surface area contributed by atoms with Crippen molar-refractivity contribution in [1.82, 2.24) is 0 Å². The molecule has 0 spiro atoms. The van der Waals surface area contributed by atoms with Crippen LogP contribution < -0.4 is 5.73 Å². The van der Waals surface area contributed by atoms with Gasteiger partial charge in [0.1, 0.15) is 12.6 Å². The Hall–Kier alpha value is -2.82. The highest BCUT2D eigenvalue weighted by Gasteiger charge is 2.28. The number of carbonyl (C=O) groups excluding carboxylic acids is 2. The quantitative estimate of drug-likeness (QED) is 0.0244. The zero-order valence-corrected chi connectivity index (χ0v) is 32.8. The summed E-state index contributed by atoms with van der Waals surface area (Å²) < 4.78 is 32.5. The van der Waals surface area contributed by atoms with E-state index in [2.05, 4.69) is 67.0 Å². The summed E-state index contributed by atoms with van der Waals surface area (Å²) in [6.45, 7) is 2.64. The van der Waals surface area contributed by atoms with Crippen molar-refractivity contribution in [1.29, 1.82) is 0 Å². The first-order valence-electron chi connectivity index (χ1n) is 19.3. The Kier molecular flexibility index (Phi) is 33.3. The van der Waals surface area contributed by atoms with Crippen molar-refractivity contribution >= 4 is 25.7 Å². The largest absolute Gasteiger partial charge is 0.480 e. The van der Waals surface area contributed by atoms with Crippen LogP contribution in [-0.2, 0) is 37.5 Å². The number of rotatable bonds is 35. The maximum Gasteiger partial charge on any atom is 0.472 e. The molecule has 0 aliphatic carbocycles. The molecular weight excluding hydrogens is 685 g/mol. The van der Waals surface area contributed by atoms with Crippen LogP contribution in [0.5, 0.6) is 0 Å². The number of esters is 2. The third-order valence-corrected chi connectivity index (χ3v) is 8.69. The zero-order chi connectivity index (χ0) is 38.5. The lowest BCUT2D eigenvalue weighted by Crippen LogP contribution is -2.34. The van der Waals surface area contributed by atoms with E-state index in [1.807, 2.05) is 12.2 Å². The second-order valence-corrected chi connectivity index (χ2v) is 14.2. The normalized spacial score (nSPS) is 14.5. The molecule has 0 aromatic heterocycles. The van der Waals surface area contributed by atoms with Crippen LogP contribution in [0.2, 0.25) is 0 Å². The fourth-order valence-electron chi connectivity index (χ4n) is 4.62. The molecule has 0 aliphatic rings. The van der Waals surface area contributed by atoms with Crippen molar-refractivity contribution < 1.29 is 47.5 Å². The van der Waals surface area contributed by atoms with Crippen LogP contribution in [0.1, 0.15) is 142 Å². The van der Waals surface area contributed by atoms with Gasteiger partial charge in [0.15, 0.2) is 6.10 Å². The molecule has 0 saturated carbocycles. The highest BCUT2D eigenvalue weighted by atomic mass is 31.2. The Balaban J connectivity index is 4.56. The van der Waals surface area contributed by atoms with Gasteiger partial charge in [-0.05, 0) is 70.6 Å². The Labute approximate surface area is 313 Å². The lowest BCUT2D eigenvalue weighted by Gasteiger charge is -2.20. The number of phosphoric ester groups is 1. The minimum atomic E-state index is -4.73. The molecule has 0 radical (unpaired) electrons. The maximum absolute atomic E-state index is 12.5. The van der Waals surface area contributed by atoms with Crippen LogP contribution in [0.25, 0.3) is 0 Å². The van der Waals surface area contributed by atoms with Crippen molar-refractivity contribution in [2.24, 2.45) is 5.73 Å². The van der Waals surface area contributed by atoms with Gasteiger partial charge in [0.05, 0.1) is 13.2 Å². The number of phosphoric acid groups is 1. The Morgan fingerprint density at radius 2 is 1.06 bits per heavy atom. The summed E-state index contributed by atoms with van der Waals surface area (Å²) in [7, 11) is -4.73. The molecule has 12 heteroatoms. The molecule has 298 valence electrons. The van der Waals surface area contributed by atoms with Crippen molar-refractivity contribution in [2.75, 3.05) is 19.8 Å². The molecule has 4 N–H and O–H groups in total. The minimum Gasteiger partial charge on any atom is -0.480 e. The molecule has 0 heterocycles. The molecule has 3 atom stereocenters. The van der Waals surface area contributed by atoms with E-state index >= 15 is 0 Å². The number of aliphatic carboxylic acids is 1. The Morgan fingerprint density at radius 1 is 0.596 bits per heavy atom. The molecule has 0 saturated heterocycles. The fourth-order valence-corrected chi connectivity index (χ4v) is 5.40. The Morgan fingerprint density at radius 3 is 1.65 bits per heavy atom. The molecule has 11 nitrogen and oxygen atoms in total. The molecule has 0 aliphatic heterocycles. The first-order valence-corrected chi connectivity index (χ1v) is 20.8. The first kappa shape index (κ1) is 49.2. The molecule has 0 aromatic rings. The van der Waals surface area contributed by atoms with Gasteiger partial charge in [0, 0.05) is 12.8 Å². The van der Waals surface area contributed by atoms with Crippen LogP contribution in [0, 0.1) is 0 Å². The minimum absolute atomic E-state index is 0.0811. The van der Waals surface area contributed by atoms with Gasteiger partial charge in [-0.3, -0.25) is 23.4 Å². The highest BCUT2D eigenvalue weighted by molar-refractivity contribution is 7.47. The molecule has 1 unspecified atom stereocenters. The van der Waals surface area contributed by atoms with Crippen LogP contribution >= 0.6 is 7.82 Å². The SMILES string of the molecule is CCCCC=CCCCCCCCC(=O)OC[C@H](COP(=O)(O)OC[C@H](N)C(=O)O)OC(=O)CCCC=CCC=CCC=CCC=CCCCCC. The number of carbonyl (C=O) groups is 3. The number of hydrogen-bond acceptors (Lipinski definition) is 9. The maximum atomic E-state index is 12.5. The van der Waals surface area contributed by atoms with Crippen LogP contribution in [0.4, 0.5) is 0 Å². The lowest BCUT2D eigenvalue weighted by molar-refractivity contribution is -0.161. The van der Waals surface area contributed by atoms with E-state index in [1.165, 1.54) is 32.1 Å². The average Bonchev–Trinajstić information content (AvgIpc) is 3.12. The molecule has 0 amide bonds. The summed E-state index contributed by atoms with van der Waals surface area (Å²) in [5, 5.41) is 8.86. The van der Waals surface area contributed by atoms with Crippen LogP contribution in [0.15, 0.2) is 60.8 Å². The van der Waals surface area contributed by atoms with Gasteiger partial charge in [-0.15, -0.1) is 0 Å². The van der Waals surface area contributed by atoms with E-state index in [0.29, 0.717) is 19.3 Å². The summed E-state index contributed by atoms with van der Waals surface area (Å²) in [6.07, 6.45) is 38.7. The zero-order valence-electron chi connectivity index (χ0n) is 31.9. The smallest absolute Gasteiger partial charge is 0.472 e. The van der Waals surface area contributed by atoms with Gasteiger partial charge in [-0.1, -0.05) is 120 Å². The van der Waals surface area contributed by atoms with Gasteiger partial charge in [-0.2, -0.15) is 0 Å². The summed E-state index contributed by atoms with van der Waals surface area (Å²) in [5.41, 5.74) is 5.31. The van der Waals surface area contributed by atoms with E-state index in [-0.39, 0.29) is 19.4 Å². The average molecular weight is 754 g/mol. The summed E-state index contributed by atoms with van der Waals surface area (Å²) in [5.74, 6) is -2.47. The predicted octanol–water partition coefficient (Wildman–Crippen LogP) is 9.61. The molecular formula is C40H68NO10P. The van der Waals surface area contributed by atoms with Gasteiger partial charge < -0.3 is 25.2 Å². The lowest BCUT2D eigenvalue weighted by atomic mass is 10.1. The second-order valence-electron chi connectivity index (χ2n) is 12.7. The molecule has 0 aromatic carbocycles. The van der Waals surface area contributed by atoms with Crippen molar-refractivity contribution in [3.05, 3.63) is 60.8 Å². The van der Waals surface area contributed by atoms with Gasteiger partial charge in [0.25, 0.3) is 0 Å². The predicted molar refractivity (Wildman–Crippen MR) is 208 cm³/mol. The van der Waals surface area contributed by atoms with Crippen LogP contribution in [-0.4, -0.2) is 59.9 Å². The molecule has 0 rings (SSSR count). The summed E-state index contributed by atoms with van der Waals surface area (Å²) in [4.78, 5) is 45.7. The number of carboxylic acid groups (broad SMARTS) is 1. The summed E-state index contributed by atoms with van der Waals surface area (Å²) in [6, 6.07) is -1.53. The standard InChI is InChI=1S/C40H68NO10P/c1-3-5-7-9-11-13-15-16-17-18-19-20-22-24-26-28-30-32-39(43)51-36(34-49-52(46,47)50-35-37(41)40(44)45)33-48-38(42)31-29-27-25-23-21-14-12-10-8-6-4-2/h10-13,16-17,19-20,24,26,36-37H,3-9,14-15,18,21-23,25,27-35,41H2,1-2H3,(H,44,45)(H,46,47)/t36-,37+/m1/s1. The topological polar surface area (TPSA) is 172 Å². The van der Waals surface area contributed by atoms with E-state index in [4.69, 9.17) is 24.8 Å². The van der Waals surface area contributed by atoms with Crippen molar-refractivity contribution in [3.63, 3.8) is 0 Å². The highest BCUT2D eigenvalue weighted by Crippen LogP contribution is 2.43. The number of allylic oxidation sites excluding steroid dienone is 10. The van der Waals surface area contributed by atoms with Gasteiger partial charge >= 0.3 is 25.7 Å². The fraction of sp³-hybridized carbons (Fsp3) is 0.675. The van der Waals surface area contributed by atoms with Crippen molar-refractivity contribution in [3.8, 4) is 0 Å². The van der Waals surface area contributed by atoms with E-state index < -0.39 is 51.1 Å². The van der Waals surface area contributed by atoms with E-state index in [0.717, 1.165) is 64.2 Å². The van der Waals surface area contributed by atoms with E-state index in [1.54, 1.807) is 0 Å². The number of nitrogens with two attached hydrogens (primary N) is 1. The van der Waals surface area contributed by atoms with E-state index in [9.17, 15) is 23.8 Å². The number of carboxylic acids is 1. The number of ether oxygens (including phenoxy) is 2. The van der Waals surface area contributed by atoms with Crippen LogP contribution in [0.3, 0.4) is 0 Å². The monoisotopic (exact) mass is 753 g/mol. The molecule has 52 heavy (non-hydrogen) atoms. The summed E-state index contributed by atoms with van der Waals surface area (Å²) >= 11 is 0. The molecule has 0 fully saturated rings. The van der Waals surface area contributed by atoms with Gasteiger partial charge in [0.2, 0.25) is 0 Å². The van der Waals surface area contributed by atoms with Crippen molar-refractivity contribution in [2.45, 2.75) is 154 Å². The second kappa shape index (κ2) is 35.2.